The minimum atomic E-state index is 0.179. The van der Waals surface area contributed by atoms with Crippen LogP contribution >= 0.6 is 0 Å². The van der Waals surface area contributed by atoms with Gasteiger partial charge < -0.3 is 5.73 Å². The van der Waals surface area contributed by atoms with Gasteiger partial charge in [0.1, 0.15) is 0 Å². The number of rotatable bonds is 8. The Balaban J connectivity index is 2.96. The van der Waals surface area contributed by atoms with Crippen LogP contribution in [0.25, 0.3) is 0 Å². The summed E-state index contributed by atoms with van der Waals surface area (Å²) in [6.07, 6.45) is 2.03. The van der Waals surface area contributed by atoms with Crippen molar-refractivity contribution < 1.29 is 0 Å². The van der Waals surface area contributed by atoms with Crippen molar-refractivity contribution in [1.82, 2.24) is 4.90 Å². The standard InChI is InChI=1S/C19H32N2/c1-7-19(5,6)18-11-10-17(20)13-16(18)12-15(4)14-21(8-2)9-3/h10-11,13H,4,7-9,12,14,20H2,1-3,5-6H3. The molecule has 0 amide bonds. The van der Waals surface area contributed by atoms with Crippen molar-refractivity contribution in [1.29, 1.82) is 0 Å². The lowest BCUT2D eigenvalue weighted by Gasteiger charge is -2.28. The Labute approximate surface area is 131 Å². The number of anilines is 1. The van der Waals surface area contributed by atoms with Gasteiger partial charge in [0.2, 0.25) is 0 Å². The predicted octanol–water partition coefficient (Wildman–Crippen LogP) is 4.40. The zero-order valence-corrected chi connectivity index (χ0v) is 14.5. The highest BCUT2D eigenvalue weighted by Crippen LogP contribution is 2.32. The van der Waals surface area contributed by atoms with Crippen molar-refractivity contribution in [2.24, 2.45) is 0 Å². The van der Waals surface area contributed by atoms with E-state index in [2.05, 4.69) is 58.2 Å². The molecule has 0 aliphatic carbocycles. The zero-order valence-electron chi connectivity index (χ0n) is 14.5. The van der Waals surface area contributed by atoms with Gasteiger partial charge in [0.25, 0.3) is 0 Å². The third-order valence-electron chi connectivity index (χ3n) is 4.52. The highest BCUT2D eigenvalue weighted by atomic mass is 15.1. The van der Waals surface area contributed by atoms with Crippen LogP contribution in [0.2, 0.25) is 0 Å². The minimum absolute atomic E-state index is 0.179. The molecule has 2 heteroatoms. The van der Waals surface area contributed by atoms with E-state index >= 15 is 0 Å². The molecule has 1 aromatic carbocycles. The van der Waals surface area contributed by atoms with Gasteiger partial charge in [-0.2, -0.15) is 0 Å². The fraction of sp³-hybridized carbons (Fsp3) is 0.579. The average molecular weight is 288 g/mol. The van der Waals surface area contributed by atoms with E-state index in [0.717, 1.165) is 38.2 Å². The molecule has 0 radical (unpaired) electrons. The molecule has 0 saturated heterocycles. The molecular weight excluding hydrogens is 256 g/mol. The lowest BCUT2D eigenvalue weighted by Crippen LogP contribution is -2.26. The van der Waals surface area contributed by atoms with E-state index in [1.165, 1.54) is 16.7 Å². The van der Waals surface area contributed by atoms with Crippen LogP contribution in [0.4, 0.5) is 5.69 Å². The zero-order chi connectivity index (χ0) is 16.0. The fourth-order valence-electron chi connectivity index (χ4n) is 2.70. The van der Waals surface area contributed by atoms with Gasteiger partial charge >= 0.3 is 0 Å². The highest BCUT2D eigenvalue weighted by Gasteiger charge is 2.21. The summed E-state index contributed by atoms with van der Waals surface area (Å²) >= 11 is 0. The molecule has 1 rings (SSSR count). The summed E-state index contributed by atoms with van der Waals surface area (Å²) in [4.78, 5) is 2.40. The van der Waals surface area contributed by atoms with Crippen molar-refractivity contribution in [3.8, 4) is 0 Å². The molecule has 118 valence electrons. The molecule has 0 spiro atoms. The van der Waals surface area contributed by atoms with Crippen LogP contribution < -0.4 is 5.73 Å². The Bertz CT molecular complexity index is 470. The van der Waals surface area contributed by atoms with Crippen LogP contribution in [0, 0.1) is 0 Å². The molecule has 2 N–H and O–H groups in total. The second-order valence-corrected chi connectivity index (χ2v) is 6.54. The molecule has 0 saturated carbocycles. The van der Waals surface area contributed by atoms with Gasteiger partial charge in [-0.15, -0.1) is 0 Å². The van der Waals surface area contributed by atoms with Crippen molar-refractivity contribution in [2.75, 3.05) is 25.4 Å². The maximum Gasteiger partial charge on any atom is 0.0317 e. The second kappa shape index (κ2) is 7.65. The summed E-state index contributed by atoms with van der Waals surface area (Å²) < 4.78 is 0. The Kier molecular flexibility index (Phi) is 6.47. The quantitative estimate of drug-likeness (QED) is 0.567. The van der Waals surface area contributed by atoms with Gasteiger partial charge in [0.15, 0.2) is 0 Å². The minimum Gasteiger partial charge on any atom is -0.399 e. The number of nitrogens with two attached hydrogens (primary N) is 1. The van der Waals surface area contributed by atoms with E-state index < -0.39 is 0 Å². The Morgan fingerprint density at radius 2 is 1.81 bits per heavy atom. The number of likely N-dealkylation sites (N-methyl/N-ethyl adjacent to an activating group) is 1. The average Bonchev–Trinajstić information content (AvgIpc) is 2.44. The van der Waals surface area contributed by atoms with Gasteiger partial charge in [-0.25, -0.2) is 0 Å². The topological polar surface area (TPSA) is 29.3 Å². The molecule has 0 atom stereocenters. The Hall–Kier alpha value is -1.28. The summed E-state index contributed by atoms with van der Waals surface area (Å²) in [5, 5.41) is 0. The molecular formula is C19H32N2. The maximum absolute atomic E-state index is 6.00. The third kappa shape index (κ3) is 4.89. The third-order valence-corrected chi connectivity index (χ3v) is 4.52. The first-order valence-corrected chi connectivity index (χ1v) is 8.11. The van der Waals surface area contributed by atoms with Gasteiger partial charge in [-0.05, 0) is 54.6 Å². The second-order valence-electron chi connectivity index (χ2n) is 6.54. The molecule has 1 aromatic rings. The summed E-state index contributed by atoms with van der Waals surface area (Å²) in [5.41, 5.74) is 11.0. The lowest BCUT2D eigenvalue weighted by atomic mass is 9.78. The summed E-state index contributed by atoms with van der Waals surface area (Å²) in [6, 6.07) is 6.34. The highest BCUT2D eigenvalue weighted by molar-refractivity contribution is 5.48. The van der Waals surface area contributed by atoms with Crippen LogP contribution in [-0.4, -0.2) is 24.5 Å². The van der Waals surface area contributed by atoms with Gasteiger partial charge in [0.05, 0.1) is 0 Å². The number of nitrogens with zero attached hydrogens (tertiary/aromatic N) is 1. The smallest absolute Gasteiger partial charge is 0.0317 e. The van der Waals surface area contributed by atoms with E-state index in [4.69, 9.17) is 5.73 Å². The molecule has 0 heterocycles. The van der Waals surface area contributed by atoms with E-state index in [0.29, 0.717) is 0 Å². The Morgan fingerprint density at radius 3 is 2.33 bits per heavy atom. The SMILES string of the molecule is C=C(Cc1cc(N)ccc1C(C)(C)CC)CN(CC)CC. The van der Waals surface area contributed by atoms with Crippen LogP contribution in [-0.2, 0) is 11.8 Å². The van der Waals surface area contributed by atoms with E-state index in [1.807, 2.05) is 6.07 Å². The van der Waals surface area contributed by atoms with Crippen molar-refractivity contribution in [3.05, 3.63) is 41.5 Å². The number of nitrogen functional groups attached to an aromatic ring is 1. The van der Waals surface area contributed by atoms with Crippen LogP contribution in [0.3, 0.4) is 0 Å². The van der Waals surface area contributed by atoms with Crippen LogP contribution in [0.15, 0.2) is 30.4 Å². The van der Waals surface area contributed by atoms with Crippen molar-refractivity contribution in [2.45, 2.75) is 52.9 Å². The molecule has 0 bridgehead atoms. The van der Waals surface area contributed by atoms with E-state index in [-0.39, 0.29) is 5.41 Å². The summed E-state index contributed by atoms with van der Waals surface area (Å²) in [6.45, 7) is 18.6. The van der Waals surface area contributed by atoms with Crippen LogP contribution in [0.5, 0.6) is 0 Å². The number of hydrogen-bond donors (Lipinski definition) is 1. The first-order valence-electron chi connectivity index (χ1n) is 8.11. The largest absolute Gasteiger partial charge is 0.399 e. The summed E-state index contributed by atoms with van der Waals surface area (Å²) in [7, 11) is 0. The molecule has 0 aliphatic rings. The number of hydrogen-bond acceptors (Lipinski definition) is 2. The predicted molar refractivity (Wildman–Crippen MR) is 94.8 cm³/mol. The van der Waals surface area contributed by atoms with Gasteiger partial charge in [0, 0.05) is 12.2 Å². The fourth-order valence-corrected chi connectivity index (χ4v) is 2.70. The first kappa shape index (κ1) is 17.8. The molecule has 0 aliphatic heterocycles. The van der Waals surface area contributed by atoms with Crippen LogP contribution in [0.1, 0.15) is 52.2 Å². The van der Waals surface area contributed by atoms with E-state index in [1.54, 1.807) is 0 Å². The number of benzene rings is 1. The van der Waals surface area contributed by atoms with Gasteiger partial charge in [-0.3, -0.25) is 4.90 Å². The lowest BCUT2D eigenvalue weighted by molar-refractivity contribution is 0.328. The monoisotopic (exact) mass is 288 g/mol. The van der Waals surface area contributed by atoms with Crippen molar-refractivity contribution in [3.63, 3.8) is 0 Å². The normalized spacial score (nSPS) is 11.9. The first-order chi connectivity index (χ1) is 9.83. The summed E-state index contributed by atoms with van der Waals surface area (Å²) in [5.74, 6) is 0. The maximum atomic E-state index is 6.00. The van der Waals surface area contributed by atoms with E-state index in [9.17, 15) is 0 Å². The molecule has 0 unspecified atom stereocenters. The Morgan fingerprint density at radius 1 is 1.19 bits per heavy atom. The van der Waals surface area contributed by atoms with Gasteiger partial charge in [-0.1, -0.05) is 52.8 Å². The molecule has 21 heavy (non-hydrogen) atoms. The molecule has 0 aromatic heterocycles. The molecule has 0 fully saturated rings. The molecule has 2 nitrogen and oxygen atoms in total. The van der Waals surface area contributed by atoms with Crippen molar-refractivity contribution >= 4 is 5.69 Å².